The SMILES string of the molecule is C[C@H]1C=C(N(c2ccccc2)c2ccc3c(-c4ccc5c(c4)C(C)(C)c4ccccc4-5)c4cc(N(c5ccccc5)c5ccccc5)ccc4c(-c4ccc5c(c4)C(C)(C)c4ccccc4-5)c3c2)C=CC1. The van der Waals surface area contributed by atoms with Gasteiger partial charge in [0, 0.05) is 45.0 Å². The second kappa shape index (κ2) is 16.5. The highest BCUT2D eigenvalue weighted by Gasteiger charge is 2.37. The number of nitrogens with zero attached hydrogens (tertiary/aromatic N) is 2. The standard InChI is InChI=1S/C69H56N2/c1-45-20-19-27-51(40-45)71(50-25-13-8-14-26-50)53-35-39-59-61(44-53)67(47-33-37-57-55-29-16-18-31-63(55)69(4,5)65(57)42-47)58-38-34-52(70(48-21-9-6-10-22-48)49-23-11-7-12-24-49)43-60(58)66(59)46-32-36-56-54-28-15-17-30-62(54)68(2,3)64(56)41-46/h6-19,21-45H,20H2,1-5H3/t45-/m1/s1. The van der Waals surface area contributed by atoms with Crippen molar-refractivity contribution in [2.75, 3.05) is 9.80 Å². The zero-order valence-corrected chi connectivity index (χ0v) is 41.1. The lowest BCUT2D eigenvalue weighted by molar-refractivity contribution is 0.660. The van der Waals surface area contributed by atoms with Gasteiger partial charge in [0.15, 0.2) is 0 Å². The molecule has 0 radical (unpaired) electrons. The number of hydrogen-bond donors (Lipinski definition) is 0. The Labute approximate surface area is 418 Å². The topological polar surface area (TPSA) is 6.48 Å². The zero-order chi connectivity index (χ0) is 48.0. The first-order chi connectivity index (χ1) is 34.6. The van der Waals surface area contributed by atoms with Crippen molar-refractivity contribution in [3.05, 3.63) is 259 Å². The second-order valence-electron chi connectivity index (χ2n) is 21.0. The Kier molecular flexibility index (Phi) is 9.94. The molecule has 0 aromatic heterocycles. The molecule has 2 nitrogen and oxygen atoms in total. The molecule has 13 rings (SSSR count). The van der Waals surface area contributed by atoms with Crippen LogP contribution in [0.2, 0.25) is 0 Å². The molecule has 10 aromatic rings. The van der Waals surface area contributed by atoms with Gasteiger partial charge in [-0.3, -0.25) is 0 Å². The molecule has 3 aliphatic rings. The van der Waals surface area contributed by atoms with Gasteiger partial charge in [0.1, 0.15) is 0 Å². The number of anilines is 5. The highest BCUT2D eigenvalue weighted by Crippen LogP contribution is 2.54. The van der Waals surface area contributed by atoms with E-state index in [2.05, 4.69) is 275 Å². The van der Waals surface area contributed by atoms with Crippen LogP contribution in [0.15, 0.2) is 236 Å². The maximum absolute atomic E-state index is 2.52. The summed E-state index contributed by atoms with van der Waals surface area (Å²) < 4.78 is 0. The minimum absolute atomic E-state index is 0.160. The highest BCUT2D eigenvalue weighted by atomic mass is 15.1. The molecule has 0 saturated carbocycles. The molecule has 342 valence electrons. The summed E-state index contributed by atoms with van der Waals surface area (Å²) in [4.78, 5) is 4.86. The van der Waals surface area contributed by atoms with Crippen LogP contribution >= 0.6 is 0 Å². The lowest BCUT2D eigenvalue weighted by Crippen LogP contribution is -2.17. The molecule has 0 spiro atoms. The molecule has 0 amide bonds. The Balaban J connectivity index is 1.15. The summed E-state index contributed by atoms with van der Waals surface area (Å²) in [5, 5.41) is 4.90. The lowest BCUT2D eigenvalue weighted by atomic mass is 9.79. The van der Waals surface area contributed by atoms with Gasteiger partial charge in [-0.2, -0.15) is 0 Å². The summed E-state index contributed by atoms with van der Waals surface area (Å²) in [5.41, 5.74) is 22.2. The van der Waals surface area contributed by atoms with E-state index in [0.717, 1.165) is 34.9 Å². The number of hydrogen-bond acceptors (Lipinski definition) is 2. The van der Waals surface area contributed by atoms with E-state index in [-0.39, 0.29) is 10.8 Å². The first kappa shape index (κ1) is 42.9. The Morgan fingerprint density at radius 2 is 0.775 bits per heavy atom. The van der Waals surface area contributed by atoms with Crippen LogP contribution in [0.1, 0.15) is 63.3 Å². The van der Waals surface area contributed by atoms with Crippen molar-refractivity contribution in [3.8, 4) is 44.5 Å². The predicted molar refractivity (Wildman–Crippen MR) is 302 cm³/mol. The Bertz CT molecular complexity index is 3760. The molecule has 0 aliphatic heterocycles. The minimum atomic E-state index is -0.160. The van der Waals surface area contributed by atoms with Gasteiger partial charge in [-0.15, -0.1) is 0 Å². The lowest BCUT2D eigenvalue weighted by Gasteiger charge is -2.30. The average Bonchev–Trinajstić information content (AvgIpc) is 3.77. The monoisotopic (exact) mass is 912 g/mol. The Morgan fingerprint density at radius 3 is 1.24 bits per heavy atom. The normalized spacial score (nSPS) is 15.7. The third-order valence-electron chi connectivity index (χ3n) is 15.9. The van der Waals surface area contributed by atoms with Crippen molar-refractivity contribution in [3.63, 3.8) is 0 Å². The van der Waals surface area contributed by atoms with Crippen LogP contribution < -0.4 is 9.80 Å². The quantitative estimate of drug-likeness (QED) is 0.140. The van der Waals surface area contributed by atoms with Gasteiger partial charge in [0.2, 0.25) is 0 Å². The van der Waals surface area contributed by atoms with E-state index in [1.807, 2.05) is 0 Å². The summed E-state index contributed by atoms with van der Waals surface area (Å²) >= 11 is 0. The molecule has 0 bridgehead atoms. The van der Waals surface area contributed by atoms with Gasteiger partial charge in [0.25, 0.3) is 0 Å². The average molecular weight is 913 g/mol. The summed E-state index contributed by atoms with van der Waals surface area (Å²) in [6.45, 7) is 11.9. The fourth-order valence-corrected chi connectivity index (χ4v) is 12.4. The van der Waals surface area contributed by atoms with Crippen molar-refractivity contribution in [2.24, 2.45) is 5.92 Å². The molecule has 0 saturated heterocycles. The van der Waals surface area contributed by atoms with E-state index in [9.17, 15) is 0 Å². The van der Waals surface area contributed by atoms with Crippen molar-refractivity contribution < 1.29 is 0 Å². The number of benzene rings is 10. The molecule has 71 heavy (non-hydrogen) atoms. The molecule has 0 N–H and O–H groups in total. The number of para-hydroxylation sites is 3. The number of fused-ring (bicyclic) bond motifs is 8. The van der Waals surface area contributed by atoms with Crippen LogP contribution in [0.25, 0.3) is 66.1 Å². The predicted octanol–water partition coefficient (Wildman–Crippen LogP) is 19.0. The molecule has 1 atom stereocenters. The van der Waals surface area contributed by atoms with Crippen LogP contribution in [-0.2, 0) is 10.8 Å². The van der Waals surface area contributed by atoms with Gasteiger partial charge < -0.3 is 9.80 Å². The maximum Gasteiger partial charge on any atom is 0.0468 e. The van der Waals surface area contributed by atoms with Crippen molar-refractivity contribution in [2.45, 2.75) is 51.9 Å². The van der Waals surface area contributed by atoms with Crippen molar-refractivity contribution in [1.29, 1.82) is 0 Å². The third kappa shape index (κ3) is 6.84. The van der Waals surface area contributed by atoms with E-state index in [0.29, 0.717) is 5.92 Å². The Morgan fingerprint density at radius 1 is 0.366 bits per heavy atom. The van der Waals surface area contributed by atoms with Gasteiger partial charge in [0.05, 0.1) is 0 Å². The molecule has 0 heterocycles. The first-order valence-electron chi connectivity index (χ1n) is 25.3. The van der Waals surface area contributed by atoms with Crippen LogP contribution in [-0.4, -0.2) is 0 Å². The van der Waals surface area contributed by atoms with Crippen LogP contribution in [0, 0.1) is 5.92 Å². The van der Waals surface area contributed by atoms with Crippen molar-refractivity contribution >= 4 is 50.0 Å². The summed E-state index contributed by atoms with van der Waals surface area (Å²) in [6, 6.07) is 79.6. The molecular weight excluding hydrogens is 857 g/mol. The van der Waals surface area contributed by atoms with E-state index >= 15 is 0 Å². The van der Waals surface area contributed by atoms with Gasteiger partial charge >= 0.3 is 0 Å². The first-order valence-corrected chi connectivity index (χ1v) is 25.3. The molecule has 2 heteroatoms. The van der Waals surface area contributed by atoms with Crippen molar-refractivity contribution in [1.82, 2.24) is 0 Å². The molecule has 10 aromatic carbocycles. The molecule has 3 aliphatic carbocycles. The number of allylic oxidation sites excluding steroid dienone is 3. The van der Waals surface area contributed by atoms with E-state index in [1.165, 1.54) is 94.0 Å². The maximum atomic E-state index is 2.52. The number of rotatable bonds is 8. The van der Waals surface area contributed by atoms with Gasteiger partial charge in [-0.1, -0.05) is 186 Å². The second-order valence-corrected chi connectivity index (χ2v) is 21.0. The third-order valence-corrected chi connectivity index (χ3v) is 15.9. The van der Waals surface area contributed by atoms with Gasteiger partial charge in [-0.05, 0) is 180 Å². The smallest absolute Gasteiger partial charge is 0.0468 e. The Hall–Kier alpha value is -8.20. The van der Waals surface area contributed by atoms with E-state index < -0.39 is 0 Å². The van der Waals surface area contributed by atoms with Crippen LogP contribution in [0.3, 0.4) is 0 Å². The molecular formula is C69H56N2. The zero-order valence-electron chi connectivity index (χ0n) is 41.1. The summed E-state index contributed by atoms with van der Waals surface area (Å²) in [7, 11) is 0. The van der Waals surface area contributed by atoms with E-state index in [4.69, 9.17) is 0 Å². The fourth-order valence-electron chi connectivity index (χ4n) is 12.4. The van der Waals surface area contributed by atoms with Crippen LogP contribution in [0.4, 0.5) is 28.4 Å². The summed E-state index contributed by atoms with van der Waals surface area (Å²) in [5.74, 6) is 0.433. The van der Waals surface area contributed by atoms with Gasteiger partial charge in [-0.25, -0.2) is 0 Å². The highest BCUT2D eigenvalue weighted by molar-refractivity contribution is 6.23. The molecule has 0 unspecified atom stereocenters. The minimum Gasteiger partial charge on any atom is -0.311 e. The fraction of sp³-hybridized carbons (Fsp3) is 0.130. The summed E-state index contributed by atoms with van der Waals surface area (Å²) in [6.07, 6.45) is 8.11. The van der Waals surface area contributed by atoms with Crippen LogP contribution in [0.5, 0.6) is 0 Å². The molecule has 0 fully saturated rings. The van der Waals surface area contributed by atoms with E-state index in [1.54, 1.807) is 0 Å². The largest absolute Gasteiger partial charge is 0.311 e.